The lowest BCUT2D eigenvalue weighted by molar-refractivity contribution is 0.0702. The summed E-state index contributed by atoms with van der Waals surface area (Å²) in [7, 11) is 0. The Morgan fingerprint density at radius 1 is 1.53 bits per heavy atom. The molecule has 1 fully saturated rings. The molecule has 0 aliphatic carbocycles. The first-order valence-electron chi connectivity index (χ1n) is 5.84. The van der Waals surface area contributed by atoms with Crippen LogP contribution < -0.4 is 0 Å². The maximum absolute atomic E-state index is 10.8. The number of aromatic carboxylic acids is 1. The molecule has 1 aliphatic rings. The molecule has 0 spiro atoms. The summed E-state index contributed by atoms with van der Waals surface area (Å²) in [5, 5.41) is 17.7. The number of carboxylic acid groups (broad SMARTS) is 1. The van der Waals surface area contributed by atoms with Crippen molar-refractivity contribution >= 4 is 17.3 Å². The van der Waals surface area contributed by atoms with Crippen molar-refractivity contribution < 1.29 is 15.0 Å². The third-order valence-electron chi connectivity index (χ3n) is 3.16. The van der Waals surface area contributed by atoms with Gasteiger partial charge in [-0.15, -0.1) is 11.3 Å². The van der Waals surface area contributed by atoms with E-state index < -0.39 is 5.97 Å². The molecule has 1 unspecified atom stereocenters. The van der Waals surface area contributed by atoms with E-state index in [1.165, 1.54) is 11.3 Å². The average Bonchev–Trinajstić information content (AvgIpc) is 2.89. The third-order valence-corrected chi connectivity index (χ3v) is 4.22. The second kappa shape index (κ2) is 5.62. The zero-order valence-electron chi connectivity index (χ0n) is 9.63. The topological polar surface area (TPSA) is 60.8 Å². The summed E-state index contributed by atoms with van der Waals surface area (Å²) in [4.78, 5) is 14.6. The summed E-state index contributed by atoms with van der Waals surface area (Å²) in [5.41, 5.74) is 0. The van der Waals surface area contributed by atoms with Crippen molar-refractivity contribution in [2.45, 2.75) is 19.4 Å². The highest BCUT2D eigenvalue weighted by atomic mass is 32.1. The summed E-state index contributed by atoms with van der Waals surface area (Å²) in [6.45, 7) is 3.16. The predicted molar refractivity (Wildman–Crippen MR) is 66.4 cm³/mol. The molecule has 0 saturated carbocycles. The van der Waals surface area contributed by atoms with Crippen molar-refractivity contribution in [2.75, 3.05) is 19.7 Å². The summed E-state index contributed by atoms with van der Waals surface area (Å²) in [6.07, 6.45) is 2.01. The van der Waals surface area contributed by atoms with Crippen molar-refractivity contribution in [3.8, 4) is 0 Å². The molecule has 1 aromatic heterocycles. The second-order valence-corrected chi connectivity index (χ2v) is 5.64. The van der Waals surface area contributed by atoms with Crippen molar-refractivity contribution in [2.24, 2.45) is 5.92 Å². The predicted octanol–water partition coefficient (Wildman–Crippen LogP) is 1.65. The summed E-state index contributed by atoms with van der Waals surface area (Å²) in [6, 6.07) is 3.57. The van der Waals surface area contributed by atoms with Crippen molar-refractivity contribution in [3.05, 3.63) is 21.9 Å². The highest BCUT2D eigenvalue weighted by Crippen LogP contribution is 2.24. The van der Waals surface area contributed by atoms with Gasteiger partial charge < -0.3 is 10.2 Å². The van der Waals surface area contributed by atoms with Gasteiger partial charge in [0.2, 0.25) is 0 Å². The van der Waals surface area contributed by atoms with Gasteiger partial charge in [-0.25, -0.2) is 4.79 Å². The van der Waals surface area contributed by atoms with Crippen molar-refractivity contribution in [1.82, 2.24) is 4.90 Å². The lowest BCUT2D eigenvalue weighted by Crippen LogP contribution is -2.19. The zero-order chi connectivity index (χ0) is 12.3. The largest absolute Gasteiger partial charge is 0.477 e. The molecule has 1 aromatic rings. The van der Waals surface area contributed by atoms with Gasteiger partial charge >= 0.3 is 5.97 Å². The highest BCUT2D eigenvalue weighted by molar-refractivity contribution is 7.13. The lowest BCUT2D eigenvalue weighted by Gasteiger charge is -2.14. The molecule has 0 radical (unpaired) electrons. The number of aliphatic hydroxyl groups excluding tert-OH is 1. The zero-order valence-corrected chi connectivity index (χ0v) is 10.4. The Balaban J connectivity index is 1.87. The number of hydrogen-bond acceptors (Lipinski definition) is 4. The van der Waals surface area contributed by atoms with Crippen LogP contribution in [0.15, 0.2) is 12.1 Å². The molecule has 2 N–H and O–H groups in total. The quantitative estimate of drug-likeness (QED) is 0.840. The van der Waals surface area contributed by atoms with Crippen LogP contribution in [0.4, 0.5) is 0 Å². The fourth-order valence-corrected chi connectivity index (χ4v) is 3.16. The molecule has 4 nitrogen and oxygen atoms in total. The third kappa shape index (κ3) is 3.28. The van der Waals surface area contributed by atoms with E-state index in [0.29, 0.717) is 10.8 Å². The first-order valence-corrected chi connectivity index (χ1v) is 6.66. The monoisotopic (exact) mass is 255 g/mol. The molecular formula is C12H17NO3S. The first-order chi connectivity index (χ1) is 8.19. The van der Waals surface area contributed by atoms with E-state index in [0.717, 1.165) is 37.4 Å². The molecule has 1 saturated heterocycles. The summed E-state index contributed by atoms with van der Waals surface area (Å²) in [5.74, 6) is -0.250. The minimum atomic E-state index is -0.846. The molecule has 0 bridgehead atoms. The number of carbonyl (C=O) groups is 1. The van der Waals surface area contributed by atoms with E-state index >= 15 is 0 Å². The van der Waals surface area contributed by atoms with Gasteiger partial charge in [0.25, 0.3) is 0 Å². The van der Waals surface area contributed by atoms with Crippen LogP contribution in [0.3, 0.4) is 0 Å². The standard InChI is InChI=1S/C12H17NO3S/c14-6-4-9-3-5-13(7-9)8-10-1-2-11(17-10)12(15)16/h1-2,9,14H,3-8H2,(H,15,16). The number of likely N-dealkylation sites (tertiary alicyclic amines) is 1. The lowest BCUT2D eigenvalue weighted by atomic mass is 10.1. The van der Waals surface area contributed by atoms with E-state index in [9.17, 15) is 4.79 Å². The Morgan fingerprint density at radius 2 is 2.35 bits per heavy atom. The van der Waals surface area contributed by atoms with Gasteiger partial charge in [0.05, 0.1) is 0 Å². The highest BCUT2D eigenvalue weighted by Gasteiger charge is 2.22. The van der Waals surface area contributed by atoms with E-state index in [4.69, 9.17) is 10.2 Å². The number of aliphatic hydroxyl groups is 1. The molecular weight excluding hydrogens is 238 g/mol. The van der Waals surface area contributed by atoms with Crippen LogP contribution in [-0.2, 0) is 6.54 Å². The molecule has 2 heterocycles. The van der Waals surface area contributed by atoms with Gasteiger partial charge in [-0.05, 0) is 37.4 Å². The van der Waals surface area contributed by atoms with E-state index in [1.54, 1.807) is 6.07 Å². The number of carboxylic acids is 1. The first kappa shape index (κ1) is 12.5. The van der Waals surface area contributed by atoms with Crippen LogP contribution in [-0.4, -0.2) is 40.8 Å². The van der Waals surface area contributed by atoms with E-state index in [-0.39, 0.29) is 6.61 Å². The Hall–Kier alpha value is -0.910. The molecule has 1 atom stereocenters. The molecule has 1 aliphatic heterocycles. The van der Waals surface area contributed by atoms with Crippen LogP contribution in [0, 0.1) is 5.92 Å². The molecule has 0 amide bonds. The SMILES string of the molecule is O=C(O)c1ccc(CN2CCC(CCO)C2)s1. The van der Waals surface area contributed by atoms with Crippen LogP contribution in [0.2, 0.25) is 0 Å². The van der Waals surface area contributed by atoms with Gasteiger partial charge in [-0.1, -0.05) is 0 Å². The van der Waals surface area contributed by atoms with Gasteiger partial charge in [-0.3, -0.25) is 4.90 Å². The average molecular weight is 255 g/mol. The number of hydrogen-bond donors (Lipinski definition) is 2. The fraction of sp³-hybridized carbons (Fsp3) is 0.583. The molecule has 2 rings (SSSR count). The molecule has 94 valence electrons. The summed E-state index contributed by atoms with van der Waals surface area (Å²) >= 11 is 1.35. The van der Waals surface area contributed by atoms with E-state index in [1.807, 2.05) is 6.07 Å². The summed E-state index contributed by atoms with van der Waals surface area (Å²) < 4.78 is 0. The normalized spacial score (nSPS) is 20.9. The van der Waals surface area contributed by atoms with Crippen LogP contribution in [0.5, 0.6) is 0 Å². The van der Waals surface area contributed by atoms with Gasteiger partial charge in [0.1, 0.15) is 4.88 Å². The minimum absolute atomic E-state index is 0.265. The van der Waals surface area contributed by atoms with Crippen LogP contribution in [0.1, 0.15) is 27.4 Å². The Bertz CT molecular complexity index is 391. The van der Waals surface area contributed by atoms with Crippen molar-refractivity contribution in [1.29, 1.82) is 0 Å². The van der Waals surface area contributed by atoms with Gasteiger partial charge in [0.15, 0.2) is 0 Å². The van der Waals surface area contributed by atoms with Crippen LogP contribution >= 0.6 is 11.3 Å². The minimum Gasteiger partial charge on any atom is -0.477 e. The molecule has 17 heavy (non-hydrogen) atoms. The Morgan fingerprint density at radius 3 is 3.00 bits per heavy atom. The van der Waals surface area contributed by atoms with Crippen LogP contribution in [0.25, 0.3) is 0 Å². The smallest absolute Gasteiger partial charge is 0.345 e. The fourth-order valence-electron chi connectivity index (χ4n) is 2.27. The maximum atomic E-state index is 10.8. The molecule has 5 heteroatoms. The van der Waals surface area contributed by atoms with Gasteiger partial charge in [0, 0.05) is 24.6 Å². The number of nitrogens with zero attached hydrogens (tertiary/aromatic N) is 1. The molecule has 0 aromatic carbocycles. The second-order valence-electron chi connectivity index (χ2n) is 4.47. The number of thiophene rings is 1. The van der Waals surface area contributed by atoms with Crippen molar-refractivity contribution in [3.63, 3.8) is 0 Å². The van der Waals surface area contributed by atoms with Gasteiger partial charge in [-0.2, -0.15) is 0 Å². The Kier molecular flexibility index (Phi) is 4.15. The maximum Gasteiger partial charge on any atom is 0.345 e. The number of rotatable bonds is 5. The Labute approximate surface area is 104 Å². The van der Waals surface area contributed by atoms with E-state index in [2.05, 4.69) is 4.90 Å².